The van der Waals surface area contributed by atoms with Crippen molar-refractivity contribution >= 4 is 10.9 Å². The summed E-state index contributed by atoms with van der Waals surface area (Å²) in [5, 5.41) is 0.857. The van der Waals surface area contributed by atoms with Crippen LogP contribution in [0, 0.1) is 5.82 Å². The van der Waals surface area contributed by atoms with Gasteiger partial charge in [-0.15, -0.1) is 0 Å². The van der Waals surface area contributed by atoms with Crippen LogP contribution in [0.5, 0.6) is 0 Å². The van der Waals surface area contributed by atoms with E-state index in [9.17, 15) is 4.39 Å². The van der Waals surface area contributed by atoms with Crippen molar-refractivity contribution in [3.63, 3.8) is 0 Å². The van der Waals surface area contributed by atoms with Gasteiger partial charge in [0.05, 0.1) is 13.2 Å². The molecule has 0 aliphatic carbocycles. The zero-order valence-corrected chi connectivity index (χ0v) is 16.6. The lowest BCUT2D eigenvalue weighted by Gasteiger charge is -2.38. The van der Waals surface area contributed by atoms with Gasteiger partial charge in [-0.05, 0) is 31.5 Å². The Morgan fingerprint density at radius 3 is 2.36 bits per heavy atom. The number of benzene rings is 1. The third-order valence-corrected chi connectivity index (χ3v) is 3.93. The standard InChI is InChI=1S/C16H19FN2O.C3H8.C2H6/c1-11-9-20-10-12(2)19(11)8-13-6-14-4-3-5-15(17)16(14)18-7-13;1-3-2;1-2/h3-7,11-12H,8-10H2,1-2H3;3H2,1-2H3;1-2H3/t11-,12-;;/m0../s1. The number of hydrogen-bond acceptors (Lipinski definition) is 3. The molecule has 2 aromatic rings. The lowest BCUT2D eigenvalue weighted by Crippen LogP contribution is -2.48. The van der Waals surface area contributed by atoms with Gasteiger partial charge in [-0.25, -0.2) is 4.39 Å². The first-order valence-corrected chi connectivity index (χ1v) is 9.43. The van der Waals surface area contributed by atoms with Gasteiger partial charge in [-0.3, -0.25) is 9.88 Å². The summed E-state index contributed by atoms with van der Waals surface area (Å²) in [6, 6.07) is 7.88. The Morgan fingerprint density at radius 2 is 1.76 bits per heavy atom. The van der Waals surface area contributed by atoms with Crippen LogP contribution in [0.2, 0.25) is 0 Å². The van der Waals surface area contributed by atoms with E-state index >= 15 is 0 Å². The first kappa shape index (κ1) is 21.5. The number of para-hydroxylation sites is 1. The second-order valence-electron chi connectivity index (χ2n) is 6.27. The minimum absolute atomic E-state index is 0.262. The van der Waals surface area contributed by atoms with E-state index in [0.717, 1.165) is 30.7 Å². The minimum Gasteiger partial charge on any atom is -0.378 e. The molecule has 1 saturated heterocycles. The normalized spacial score (nSPS) is 20.3. The largest absolute Gasteiger partial charge is 0.378 e. The molecule has 25 heavy (non-hydrogen) atoms. The van der Waals surface area contributed by atoms with Crippen LogP contribution in [0.1, 0.15) is 53.5 Å². The number of hydrogen-bond donors (Lipinski definition) is 0. The van der Waals surface area contributed by atoms with Crippen LogP contribution < -0.4 is 0 Å². The summed E-state index contributed by atoms with van der Waals surface area (Å²) in [4.78, 5) is 6.67. The molecule has 1 aromatic heterocycles. The van der Waals surface area contributed by atoms with Crippen LogP contribution >= 0.6 is 0 Å². The fourth-order valence-electron chi connectivity index (χ4n) is 2.81. The van der Waals surface area contributed by atoms with E-state index in [0.29, 0.717) is 17.6 Å². The molecule has 0 unspecified atom stereocenters. The Hall–Kier alpha value is -1.52. The van der Waals surface area contributed by atoms with Gasteiger partial charge in [-0.2, -0.15) is 0 Å². The molecule has 0 N–H and O–H groups in total. The van der Waals surface area contributed by atoms with Crippen molar-refractivity contribution in [3.05, 3.63) is 41.8 Å². The molecule has 140 valence electrons. The third kappa shape index (κ3) is 6.05. The quantitative estimate of drug-likeness (QED) is 0.724. The number of morpholine rings is 1. The summed E-state index contributed by atoms with van der Waals surface area (Å²) < 4.78 is 19.2. The van der Waals surface area contributed by atoms with Gasteiger partial charge in [0.15, 0.2) is 0 Å². The van der Waals surface area contributed by atoms with Crippen molar-refractivity contribution in [2.75, 3.05) is 13.2 Å². The molecule has 2 heterocycles. The van der Waals surface area contributed by atoms with Crippen molar-refractivity contribution in [1.29, 1.82) is 0 Å². The molecule has 0 bridgehead atoms. The van der Waals surface area contributed by atoms with E-state index in [2.05, 4.69) is 37.6 Å². The Balaban J connectivity index is 0.000000567. The van der Waals surface area contributed by atoms with E-state index in [1.54, 1.807) is 12.3 Å². The van der Waals surface area contributed by atoms with Crippen molar-refractivity contribution in [1.82, 2.24) is 9.88 Å². The average Bonchev–Trinajstić information content (AvgIpc) is 2.61. The predicted molar refractivity (Wildman–Crippen MR) is 104 cm³/mol. The highest BCUT2D eigenvalue weighted by Crippen LogP contribution is 2.20. The highest BCUT2D eigenvalue weighted by molar-refractivity contribution is 5.79. The molecule has 0 spiro atoms. The van der Waals surface area contributed by atoms with E-state index < -0.39 is 0 Å². The highest BCUT2D eigenvalue weighted by Gasteiger charge is 2.25. The summed E-state index contributed by atoms with van der Waals surface area (Å²) in [7, 11) is 0. The zero-order valence-electron chi connectivity index (χ0n) is 16.6. The van der Waals surface area contributed by atoms with Crippen LogP contribution in [0.4, 0.5) is 4.39 Å². The van der Waals surface area contributed by atoms with Crippen molar-refractivity contribution < 1.29 is 9.13 Å². The smallest absolute Gasteiger partial charge is 0.149 e. The lowest BCUT2D eigenvalue weighted by atomic mass is 10.1. The molecule has 4 heteroatoms. The van der Waals surface area contributed by atoms with Crippen molar-refractivity contribution in [2.45, 2.75) is 66.6 Å². The fourth-order valence-corrected chi connectivity index (χ4v) is 2.81. The lowest BCUT2D eigenvalue weighted by molar-refractivity contribution is -0.0409. The molecule has 1 fully saturated rings. The van der Waals surface area contributed by atoms with Gasteiger partial charge < -0.3 is 4.74 Å². The molecule has 0 amide bonds. The number of halogens is 1. The van der Waals surface area contributed by atoms with E-state index in [1.807, 2.05) is 26.0 Å². The second kappa shape index (κ2) is 11.2. The van der Waals surface area contributed by atoms with Crippen LogP contribution in [0.15, 0.2) is 30.5 Å². The average molecular weight is 349 g/mol. The molecule has 3 rings (SSSR count). The van der Waals surface area contributed by atoms with Gasteiger partial charge in [0, 0.05) is 30.2 Å². The Kier molecular flexibility index (Phi) is 9.61. The van der Waals surface area contributed by atoms with Crippen LogP contribution in [-0.2, 0) is 11.3 Å². The van der Waals surface area contributed by atoms with Gasteiger partial charge in [0.2, 0.25) is 0 Å². The van der Waals surface area contributed by atoms with E-state index in [4.69, 9.17) is 4.74 Å². The first-order valence-electron chi connectivity index (χ1n) is 9.43. The first-order chi connectivity index (χ1) is 12.1. The number of pyridine rings is 1. The molecule has 1 aliphatic rings. The van der Waals surface area contributed by atoms with Crippen LogP contribution in [-0.4, -0.2) is 35.2 Å². The summed E-state index contributed by atoms with van der Waals surface area (Å²) in [5.74, 6) is -0.262. The number of aromatic nitrogens is 1. The third-order valence-electron chi connectivity index (χ3n) is 3.93. The minimum atomic E-state index is -0.262. The van der Waals surface area contributed by atoms with Crippen LogP contribution in [0.3, 0.4) is 0 Å². The van der Waals surface area contributed by atoms with Crippen molar-refractivity contribution in [2.24, 2.45) is 0 Å². The van der Waals surface area contributed by atoms with Gasteiger partial charge in [0.25, 0.3) is 0 Å². The van der Waals surface area contributed by atoms with Crippen molar-refractivity contribution in [3.8, 4) is 0 Å². The summed E-state index contributed by atoms with van der Waals surface area (Å²) in [6.45, 7) is 14.9. The maximum Gasteiger partial charge on any atom is 0.149 e. The molecular weight excluding hydrogens is 315 g/mol. The van der Waals surface area contributed by atoms with Gasteiger partial charge in [0.1, 0.15) is 11.3 Å². The van der Waals surface area contributed by atoms with E-state index in [1.165, 1.54) is 12.5 Å². The summed E-state index contributed by atoms with van der Waals surface area (Å²) in [6.07, 6.45) is 3.03. The Bertz CT molecular complexity index is 622. The molecule has 1 aliphatic heterocycles. The van der Waals surface area contributed by atoms with Gasteiger partial charge >= 0.3 is 0 Å². The van der Waals surface area contributed by atoms with E-state index in [-0.39, 0.29) is 5.82 Å². The molecule has 0 radical (unpaired) electrons. The number of rotatable bonds is 2. The number of ether oxygens (including phenoxy) is 1. The molecule has 3 nitrogen and oxygen atoms in total. The Morgan fingerprint density at radius 1 is 1.16 bits per heavy atom. The predicted octanol–water partition coefficient (Wildman–Crippen LogP) is 5.43. The van der Waals surface area contributed by atoms with Gasteiger partial charge in [-0.1, -0.05) is 46.2 Å². The molecule has 2 atom stereocenters. The maximum atomic E-state index is 13.6. The number of nitrogens with zero attached hydrogens (tertiary/aromatic N) is 2. The zero-order chi connectivity index (χ0) is 18.8. The molecular formula is C21H33FN2O. The Labute approximate surface area is 152 Å². The topological polar surface area (TPSA) is 25.4 Å². The monoisotopic (exact) mass is 348 g/mol. The van der Waals surface area contributed by atoms with Crippen LogP contribution in [0.25, 0.3) is 10.9 Å². The fraction of sp³-hybridized carbons (Fsp3) is 0.571. The SMILES string of the molecule is CC.CCC.C[C@H]1COC[C@H](C)N1Cc1cnc2c(F)cccc2c1. The maximum absolute atomic E-state index is 13.6. The highest BCUT2D eigenvalue weighted by atomic mass is 19.1. The number of fused-ring (bicyclic) bond motifs is 1. The molecule has 1 aromatic carbocycles. The summed E-state index contributed by atoms with van der Waals surface area (Å²) in [5.41, 5.74) is 1.56. The summed E-state index contributed by atoms with van der Waals surface area (Å²) >= 11 is 0. The second-order valence-corrected chi connectivity index (χ2v) is 6.27. The molecule has 0 saturated carbocycles.